The molecule has 0 radical (unpaired) electrons. The van der Waals surface area contributed by atoms with Crippen molar-refractivity contribution in [3.63, 3.8) is 0 Å². The first kappa shape index (κ1) is 8.34. The SMILES string of the molecule is O=c1sc(I)c(I)n1S. The van der Waals surface area contributed by atoms with Crippen LogP contribution < -0.4 is 4.87 Å². The second-order valence-electron chi connectivity index (χ2n) is 1.24. The first-order valence-electron chi connectivity index (χ1n) is 1.89. The van der Waals surface area contributed by atoms with Crippen molar-refractivity contribution in [3.8, 4) is 0 Å². The fraction of sp³-hybridized carbons (Fsp3) is 0. The van der Waals surface area contributed by atoms with E-state index >= 15 is 0 Å². The van der Waals surface area contributed by atoms with E-state index in [1.807, 2.05) is 0 Å². The van der Waals surface area contributed by atoms with Crippen molar-refractivity contribution in [1.82, 2.24) is 3.97 Å². The quantitative estimate of drug-likeness (QED) is 0.535. The third-order valence-corrected chi connectivity index (χ3v) is 5.92. The molecule has 1 aromatic rings. The van der Waals surface area contributed by atoms with Crippen LogP contribution in [0.15, 0.2) is 4.79 Å². The minimum Gasteiger partial charge on any atom is -0.256 e. The lowest BCUT2D eigenvalue weighted by Gasteiger charge is -1.85. The summed E-state index contributed by atoms with van der Waals surface area (Å²) in [4.78, 5) is 10.7. The van der Waals surface area contributed by atoms with E-state index in [0.717, 1.165) is 6.58 Å². The first-order valence-corrected chi connectivity index (χ1v) is 5.26. The highest BCUT2D eigenvalue weighted by Crippen LogP contribution is 2.17. The lowest BCUT2D eigenvalue weighted by molar-refractivity contribution is 1.19. The van der Waals surface area contributed by atoms with Crippen LogP contribution in [0.25, 0.3) is 0 Å². The van der Waals surface area contributed by atoms with Crippen LogP contribution in [-0.2, 0) is 0 Å². The Labute approximate surface area is 88.5 Å². The standard InChI is InChI=1S/C3HI2NOS2/c4-1-2(5)9-3(7)6(1)8/h8H. The van der Waals surface area contributed by atoms with Gasteiger partial charge in [0, 0.05) is 0 Å². The molecule has 0 N–H and O–H groups in total. The van der Waals surface area contributed by atoms with E-state index in [9.17, 15) is 4.79 Å². The molecule has 50 valence electrons. The smallest absolute Gasteiger partial charge is 0.256 e. The highest BCUT2D eigenvalue weighted by atomic mass is 127. The van der Waals surface area contributed by atoms with E-state index in [-0.39, 0.29) is 4.87 Å². The summed E-state index contributed by atoms with van der Waals surface area (Å²) < 4.78 is 3.23. The zero-order valence-corrected chi connectivity index (χ0v) is 9.99. The Morgan fingerprint density at radius 1 is 1.56 bits per heavy atom. The van der Waals surface area contributed by atoms with E-state index in [4.69, 9.17) is 0 Å². The Balaban J connectivity index is 3.47. The molecule has 2 nitrogen and oxygen atoms in total. The number of hydrogen-bond acceptors (Lipinski definition) is 3. The molecule has 0 unspecified atom stereocenters. The molecule has 0 saturated heterocycles. The summed E-state index contributed by atoms with van der Waals surface area (Å²) in [5.41, 5.74) is 0. The summed E-state index contributed by atoms with van der Waals surface area (Å²) >= 11 is 9.33. The summed E-state index contributed by atoms with van der Waals surface area (Å²) in [7, 11) is 0. The van der Waals surface area contributed by atoms with Gasteiger partial charge in [0.05, 0.1) is 0 Å². The molecule has 1 heterocycles. The van der Waals surface area contributed by atoms with E-state index in [2.05, 4.69) is 58.0 Å². The minimum atomic E-state index is -0.0212. The van der Waals surface area contributed by atoms with E-state index in [1.54, 1.807) is 0 Å². The Morgan fingerprint density at radius 2 is 2.11 bits per heavy atom. The van der Waals surface area contributed by atoms with Crippen LogP contribution in [0.1, 0.15) is 0 Å². The molecule has 1 aromatic heterocycles. The minimum absolute atomic E-state index is 0.0212. The van der Waals surface area contributed by atoms with Crippen LogP contribution in [0.5, 0.6) is 0 Å². The Morgan fingerprint density at radius 3 is 2.22 bits per heavy atom. The summed E-state index contributed by atoms with van der Waals surface area (Å²) in [6, 6.07) is 0. The number of aromatic nitrogens is 1. The number of hydrogen-bond donors (Lipinski definition) is 1. The molecule has 0 aliphatic heterocycles. The van der Waals surface area contributed by atoms with Gasteiger partial charge < -0.3 is 0 Å². The van der Waals surface area contributed by atoms with Crippen molar-refractivity contribution in [2.24, 2.45) is 0 Å². The predicted molar refractivity (Wildman–Crippen MR) is 58.4 cm³/mol. The molecular formula is C3HI2NOS2. The maximum absolute atomic E-state index is 10.8. The van der Waals surface area contributed by atoms with Crippen molar-refractivity contribution in [1.29, 1.82) is 0 Å². The van der Waals surface area contributed by atoms with Gasteiger partial charge >= 0.3 is 4.87 Å². The number of thiazole rings is 1. The van der Waals surface area contributed by atoms with Crippen LogP contribution >= 0.6 is 69.3 Å². The summed E-state index contributed by atoms with van der Waals surface area (Å²) in [5.74, 6) is 0. The van der Waals surface area contributed by atoms with Crippen molar-refractivity contribution >= 4 is 69.3 Å². The highest BCUT2D eigenvalue weighted by molar-refractivity contribution is 14.1. The first-order chi connectivity index (χ1) is 4.13. The van der Waals surface area contributed by atoms with Gasteiger partial charge in [0.1, 0.15) is 6.58 Å². The van der Waals surface area contributed by atoms with Gasteiger partial charge in [-0.05, 0) is 45.2 Å². The van der Waals surface area contributed by atoms with Crippen LogP contribution in [0.4, 0.5) is 0 Å². The van der Waals surface area contributed by atoms with E-state index in [0.29, 0.717) is 0 Å². The fourth-order valence-corrected chi connectivity index (χ4v) is 2.83. The van der Waals surface area contributed by atoms with Gasteiger partial charge in [0.15, 0.2) is 0 Å². The summed E-state index contributed by atoms with van der Waals surface area (Å²) in [6.07, 6.45) is 0. The summed E-state index contributed by atoms with van der Waals surface area (Å²) in [6.45, 7) is 0. The summed E-state index contributed by atoms with van der Waals surface area (Å²) in [5, 5.41) is 0. The van der Waals surface area contributed by atoms with E-state index < -0.39 is 0 Å². The Hall–Kier alpha value is 1.24. The van der Waals surface area contributed by atoms with Crippen molar-refractivity contribution in [2.45, 2.75) is 0 Å². The molecule has 0 bridgehead atoms. The average molecular weight is 385 g/mol. The van der Waals surface area contributed by atoms with Crippen LogP contribution in [0, 0.1) is 6.58 Å². The van der Waals surface area contributed by atoms with Crippen molar-refractivity contribution < 1.29 is 0 Å². The Kier molecular flexibility index (Phi) is 2.87. The van der Waals surface area contributed by atoms with Gasteiger partial charge in [-0.15, -0.1) is 0 Å². The molecule has 0 spiro atoms. The van der Waals surface area contributed by atoms with Crippen LogP contribution in [0.3, 0.4) is 0 Å². The highest BCUT2D eigenvalue weighted by Gasteiger charge is 2.05. The molecule has 6 heteroatoms. The number of thiol groups is 1. The maximum atomic E-state index is 10.8. The van der Waals surface area contributed by atoms with Gasteiger partial charge in [-0.1, -0.05) is 24.2 Å². The fourth-order valence-electron chi connectivity index (χ4n) is 0.325. The molecule has 0 fully saturated rings. The predicted octanol–water partition coefficient (Wildman–Crippen LogP) is 1.81. The Bertz CT molecular complexity index is 278. The zero-order valence-electron chi connectivity index (χ0n) is 3.97. The second-order valence-corrected chi connectivity index (χ2v) is 5.44. The van der Waals surface area contributed by atoms with Crippen LogP contribution in [-0.4, -0.2) is 3.97 Å². The van der Waals surface area contributed by atoms with Gasteiger partial charge in [0.2, 0.25) is 0 Å². The zero-order chi connectivity index (χ0) is 7.02. The number of rotatable bonds is 0. The number of nitrogens with zero attached hydrogens (tertiary/aromatic N) is 1. The second kappa shape index (κ2) is 3.09. The van der Waals surface area contributed by atoms with Gasteiger partial charge in [0.25, 0.3) is 0 Å². The monoisotopic (exact) mass is 385 g/mol. The molecule has 0 aliphatic rings. The topological polar surface area (TPSA) is 22.0 Å². The normalized spacial score (nSPS) is 10.1. The molecule has 0 aromatic carbocycles. The molecule has 9 heavy (non-hydrogen) atoms. The third kappa shape index (κ3) is 1.63. The molecule has 0 amide bonds. The van der Waals surface area contributed by atoms with Crippen molar-refractivity contribution in [2.75, 3.05) is 0 Å². The van der Waals surface area contributed by atoms with Gasteiger partial charge in [-0.3, -0.25) is 4.79 Å². The van der Waals surface area contributed by atoms with E-state index in [1.165, 1.54) is 15.3 Å². The molecule has 0 saturated carbocycles. The lowest BCUT2D eigenvalue weighted by atomic mass is 11.0. The number of halogens is 2. The maximum Gasteiger partial charge on any atom is 0.318 e. The average Bonchev–Trinajstić information content (AvgIpc) is 1.98. The van der Waals surface area contributed by atoms with Gasteiger partial charge in [-0.2, -0.15) is 0 Å². The lowest BCUT2D eigenvalue weighted by Crippen LogP contribution is -2.02. The molecule has 0 aliphatic carbocycles. The third-order valence-electron chi connectivity index (χ3n) is 0.698. The molecule has 1 rings (SSSR count). The largest absolute Gasteiger partial charge is 0.318 e. The van der Waals surface area contributed by atoms with Crippen LogP contribution in [0.2, 0.25) is 0 Å². The van der Waals surface area contributed by atoms with Gasteiger partial charge in [-0.25, -0.2) is 3.97 Å². The molecule has 0 atom stereocenters. The van der Waals surface area contributed by atoms with Crippen molar-refractivity contribution in [3.05, 3.63) is 16.3 Å². The molecular weight excluding hydrogens is 384 g/mol.